The monoisotopic (exact) mass is 280 g/mol. The molecule has 5 heteroatoms. The maximum Gasteiger partial charge on any atom is 0.134 e. The molecule has 0 radical (unpaired) electrons. The first-order valence-electron chi connectivity index (χ1n) is 7.10. The number of aromatic nitrogens is 2. The minimum atomic E-state index is 0.420. The van der Waals surface area contributed by atoms with Crippen LogP contribution < -0.4 is 11.1 Å². The van der Waals surface area contributed by atoms with Crippen molar-refractivity contribution >= 4 is 23.0 Å². The summed E-state index contributed by atoms with van der Waals surface area (Å²) in [5.74, 6) is 1.70. The summed E-state index contributed by atoms with van der Waals surface area (Å²) in [6.45, 7) is 4.20. The predicted molar refractivity (Wildman–Crippen MR) is 83.5 cm³/mol. The van der Waals surface area contributed by atoms with Gasteiger partial charge in [0.05, 0.1) is 11.3 Å². The molecule has 0 aromatic carbocycles. The van der Waals surface area contributed by atoms with Crippen LogP contribution >= 0.6 is 12.2 Å². The highest BCUT2D eigenvalue weighted by Crippen LogP contribution is 2.29. The molecular weight excluding hydrogens is 256 g/mol. The number of thiocarbonyl (C=S) groups is 1. The van der Waals surface area contributed by atoms with E-state index < -0.39 is 0 Å². The zero-order valence-corrected chi connectivity index (χ0v) is 12.9. The van der Waals surface area contributed by atoms with Gasteiger partial charge in [-0.2, -0.15) is 5.10 Å². The highest BCUT2D eigenvalue weighted by atomic mass is 32.1. The van der Waals surface area contributed by atoms with Crippen molar-refractivity contribution in [3.8, 4) is 0 Å². The molecule has 1 heterocycles. The molecular formula is C14H24N4S. The lowest BCUT2D eigenvalue weighted by Gasteiger charge is -2.29. The summed E-state index contributed by atoms with van der Waals surface area (Å²) in [5, 5.41) is 8.00. The van der Waals surface area contributed by atoms with Crippen LogP contribution in [-0.4, -0.2) is 20.8 Å². The summed E-state index contributed by atoms with van der Waals surface area (Å²) in [6.07, 6.45) is 6.71. The first-order chi connectivity index (χ1) is 9.00. The van der Waals surface area contributed by atoms with Gasteiger partial charge in [-0.3, -0.25) is 4.68 Å². The van der Waals surface area contributed by atoms with Crippen LogP contribution in [0.2, 0.25) is 0 Å². The molecule has 1 atom stereocenters. The van der Waals surface area contributed by atoms with Crippen molar-refractivity contribution in [1.29, 1.82) is 0 Å². The molecule has 1 aromatic heterocycles. The molecule has 0 saturated heterocycles. The van der Waals surface area contributed by atoms with Gasteiger partial charge in [0.1, 0.15) is 10.8 Å². The number of nitrogens with zero attached hydrogens (tertiary/aromatic N) is 2. The summed E-state index contributed by atoms with van der Waals surface area (Å²) >= 11 is 5.14. The number of hydrogen-bond donors (Lipinski definition) is 2. The molecule has 1 saturated carbocycles. The van der Waals surface area contributed by atoms with Gasteiger partial charge in [0.15, 0.2) is 0 Å². The molecule has 19 heavy (non-hydrogen) atoms. The second-order valence-corrected chi connectivity index (χ2v) is 6.07. The van der Waals surface area contributed by atoms with Crippen molar-refractivity contribution in [1.82, 2.24) is 9.78 Å². The molecule has 0 spiro atoms. The van der Waals surface area contributed by atoms with E-state index in [2.05, 4.69) is 17.3 Å². The number of rotatable bonds is 4. The first kappa shape index (κ1) is 14.3. The number of hydrogen-bond acceptors (Lipinski definition) is 3. The van der Waals surface area contributed by atoms with Gasteiger partial charge in [0, 0.05) is 13.1 Å². The predicted octanol–water partition coefficient (Wildman–Crippen LogP) is 2.74. The van der Waals surface area contributed by atoms with Crippen LogP contribution in [0, 0.1) is 12.8 Å². The topological polar surface area (TPSA) is 55.9 Å². The molecule has 1 aliphatic carbocycles. The largest absolute Gasteiger partial charge is 0.389 e. The number of nitrogens with one attached hydrogen (secondary N) is 1. The molecule has 3 N–H and O–H groups in total. The maximum atomic E-state index is 5.82. The Bertz CT molecular complexity index is 460. The molecule has 0 amide bonds. The highest BCUT2D eigenvalue weighted by Gasteiger charge is 2.23. The molecule has 1 unspecified atom stereocenters. The number of aryl methyl sites for hydroxylation is 2. The standard InChI is InChI=1S/C14H24N4S/c1-9(11-7-5-4-6-8-11)16-14-12(13(15)19)10(2)17-18(14)3/h9,11,16H,4-8H2,1-3H3,(H2,15,19). The van der Waals surface area contributed by atoms with Crippen molar-refractivity contribution in [2.45, 2.75) is 52.0 Å². The highest BCUT2D eigenvalue weighted by molar-refractivity contribution is 7.80. The molecule has 1 aromatic rings. The third-order valence-electron chi connectivity index (χ3n) is 4.19. The van der Waals surface area contributed by atoms with E-state index in [0.717, 1.165) is 23.0 Å². The number of anilines is 1. The van der Waals surface area contributed by atoms with Crippen LogP contribution in [0.5, 0.6) is 0 Å². The average molecular weight is 280 g/mol. The Labute approximate surface area is 120 Å². The van der Waals surface area contributed by atoms with Gasteiger partial charge in [-0.1, -0.05) is 31.5 Å². The van der Waals surface area contributed by atoms with E-state index in [-0.39, 0.29) is 0 Å². The van der Waals surface area contributed by atoms with Gasteiger partial charge < -0.3 is 11.1 Å². The molecule has 1 aliphatic rings. The maximum absolute atomic E-state index is 5.82. The Balaban J connectivity index is 2.15. The lowest BCUT2D eigenvalue weighted by molar-refractivity contribution is 0.327. The summed E-state index contributed by atoms with van der Waals surface area (Å²) in [6, 6.07) is 0.434. The Morgan fingerprint density at radius 1 is 1.42 bits per heavy atom. The van der Waals surface area contributed by atoms with Crippen molar-refractivity contribution < 1.29 is 0 Å². The average Bonchev–Trinajstić information content (AvgIpc) is 2.65. The number of nitrogens with two attached hydrogens (primary N) is 1. The van der Waals surface area contributed by atoms with Crippen LogP contribution in [0.15, 0.2) is 0 Å². The van der Waals surface area contributed by atoms with Crippen molar-refractivity contribution in [3.05, 3.63) is 11.3 Å². The molecule has 0 bridgehead atoms. The van der Waals surface area contributed by atoms with Gasteiger partial charge in [0.25, 0.3) is 0 Å². The summed E-state index contributed by atoms with van der Waals surface area (Å²) in [7, 11) is 1.94. The van der Waals surface area contributed by atoms with Gasteiger partial charge in [0.2, 0.25) is 0 Å². The Morgan fingerprint density at radius 3 is 2.63 bits per heavy atom. The first-order valence-corrected chi connectivity index (χ1v) is 7.51. The molecule has 106 valence electrons. The lowest BCUT2D eigenvalue weighted by Crippen LogP contribution is -2.29. The summed E-state index contributed by atoms with van der Waals surface area (Å²) < 4.78 is 1.85. The molecule has 2 rings (SSSR count). The smallest absolute Gasteiger partial charge is 0.134 e. The molecule has 1 fully saturated rings. The van der Waals surface area contributed by atoms with E-state index in [1.807, 2.05) is 18.7 Å². The fourth-order valence-corrected chi connectivity index (χ4v) is 3.33. The van der Waals surface area contributed by atoms with Gasteiger partial charge in [-0.05, 0) is 32.6 Å². The fourth-order valence-electron chi connectivity index (χ4n) is 3.09. The van der Waals surface area contributed by atoms with E-state index in [4.69, 9.17) is 18.0 Å². The van der Waals surface area contributed by atoms with Crippen LogP contribution in [0.4, 0.5) is 5.82 Å². The van der Waals surface area contributed by atoms with Gasteiger partial charge >= 0.3 is 0 Å². The Hall–Kier alpha value is -1.10. The minimum absolute atomic E-state index is 0.420. The van der Waals surface area contributed by atoms with Crippen LogP contribution in [-0.2, 0) is 7.05 Å². The van der Waals surface area contributed by atoms with E-state index in [1.54, 1.807) is 0 Å². The lowest BCUT2D eigenvalue weighted by atomic mass is 9.84. The quantitative estimate of drug-likeness (QED) is 0.833. The minimum Gasteiger partial charge on any atom is -0.389 e. The van der Waals surface area contributed by atoms with E-state index in [0.29, 0.717) is 11.0 Å². The normalized spacial score (nSPS) is 18.3. The Kier molecular flexibility index (Phi) is 4.45. The third kappa shape index (κ3) is 3.08. The van der Waals surface area contributed by atoms with Crippen LogP contribution in [0.3, 0.4) is 0 Å². The molecule has 0 aliphatic heterocycles. The van der Waals surface area contributed by atoms with Crippen molar-refractivity contribution in [3.63, 3.8) is 0 Å². The van der Waals surface area contributed by atoms with Crippen LogP contribution in [0.1, 0.15) is 50.3 Å². The SMILES string of the molecule is Cc1nn(C)c(NC(C)C2CCCCC2)c1C(N)=S. The van der Waals surface area contributed by atoms with E-state index in [9.17, 15) is 0 Å². The van der Waals surface area contributed by atoms with Crippen molar-refractivity contribution in [2.75, 3.05) is 5.32 Å². The second kappa shape index (κ2) is 5.90. The van der Waals surface area contributed by atoms with E-state index in [1.165, 1.54) is 32.1 Å². The van der Waals surface area contributed by atoms with E-state index >= 15 is 0 Å². The zero-order chi connectivity index (χ0) is 14.0. The molecule has 4 nitrogen and oxygen atoms in total. The van der Waals surface area contributed by atoms with Crippen LogP contribution in [0.25, 0.3) is 0 Å². The summed E-state index contributed by atoms with van der Waals surface area (Å²) in [5.41, 5.74) is 7.61. The zero-order valence-electron chi connectivity index (χ0n) is 12.1. The van der Waals surface area contributed by atoms with Gasteiger partial charge in [-0.15, -0.1) is 0 Å². The summed E-state index contributed by atoms with van der Waals surface area (Å²) in [4.78, 5) is 0.420. The van der Waals surface area contributed by atoms with Crippen molar-refractivity contribution in [2.24, 2.45) is 18.7 Å². The Morgan fingerprint density at radius 2 is 2.05 bits per heavy atom. The second-order valence-electron chi connectivity index (χ2n) is 5.63. The third-order valence-corrected chi connectivity index (χ3v) is 4.39. The van der Waals surface area contributed by atoms with Gasteiger partial charge in [-0.25, -0.2) is 0 Å². The fraction of sp³-hybridized carbons (Fsp3) is 0.714.